The minimum absolute atomic E-state index is 0. The summed E-state index contributed by atoms with van der Waals surface area (Å²) in [5.41, 5.74) is 4.29. The second kappa shape index (κ2) is 7.16. The third-order valence-electron chi connectivity index (χ3n) is 3.68. The summed E-state index contributed by atoms with van der Waals surface area (Å²) in [6.07, 6.45) is 0. The molecule has 23 heavy (non-hydrogen) atoms. The maximum Gasteiger partial charge on any atom is 0.217 e. The molecule has 1 heterocycles. The monoisotopic (exact) mass is 331 g/mol. The van der Waals surface area contributed by atoms with E-state index in [-0.39, 0.29) is 17.9 Å². The molecule has 0 aromatic heterocycles. The molecule has 0 bridgehead atoms. The first-order chi connectivity index (χ1) is 10.6. The molecule has 0 radical (unpaired) electrons. The largest absolute Gasteiger partial charge is 0.475 e. The van der Waals surface area contributed by atoms with Crippen molar-refractivity contribution in [3.8, 4) is 11.1 Å². The zero-order valence-electron chi connectivity index (χ0n) is 13.7. The van der Waals surface area contributed by atoms with Crippen molar-refractivity contribution < 1.29 is 9.47 Å². The molecule has 0 saturated carbocycles. The topological polar surface area (TPSA) is 30.8 Å². The van der Waals surface area contributed by atoms with Gasteiger partial charge in [-0.25, -0.2) is 4.99 Å². The van der Waals surface area contributed by atoms with Gasteiger partial charge in [0.15, 0.2) is 0 Å². The van der Waals surface area contributed by atoms with Crippen molar-refractivity contribution in [2.45, 2.75) is 26.0 Å². The van der Waals surface area contributed by atoms with Gasteiger partial charge in [-0.15, -0.1) is 12.4 Å². The minimum Gasteiger partial charge on any atom is -0.475 e. The van der Waals surface area contributed by atoms with Crippen molar-refractivity contribution in [1.82, 2.24) is 0 Å². The molecule has 1 aliphatic rings. The summed E-state index contributed by atoms with van der Waals surface area (Å²) in [6.45, 7) is 5.37. The molecule has 0 saturated heterocycles. The van der Waals surface area contributed by atoms with Crippen molar-refractivity contribution in [1.29, 1.82) is 0 Å². The van der Waals surface area contributed by atoms with Crippen LogP contribution in [0.5, 0.6) is 0 Å². The summed E-state index contributed by atoms with van der Waals surface area (Å²) < 4.78 is 11.1. The van der Waals surface area contributed by atoms with E-state index in [0.29, 0.717) is 13.2 Å². The maximum atomic E-state index is 5.86. The van der Waals surface area contributed by atoms with E-state index in [4.69, 9.17) is 14.5 Å². The lowest BCUT2D eigenvalue weighted by molar-refractivity contribution is 0.185. The van der Waals surface area contributed by atoms with Gasteiger partial charge in [0.25, 0.3) is 0 Å². The molecule has 0 N–H and O–H groups in total. The molecule has 1 aliphatic heterocycles. The highest BCUT2D eigenvalue weighted by Gasteiger charge is 2.28. The molecule has 3 nitrogen and oxygen atoms in total. The fourth-order valence-electron chi connectivity index (χ4n) is 2.62. The minimum atomic E-state index is -0.166. The van der Waals surface area contributed by atoms with Crippen LogP contribution in [0, 0.1) is 0 Å². The second-order valence-corrected chi connectivity index (χ2v) is 6.20. The molecule has 4 heteroatoms. The van der Waals surface area contributed by atoms with E-state index in [1.54, 1.807) is 7.11 Å². The molecule has 0 amide bonds. The van der Waals surface area contributed by atoms with Gasteiger partial charge < -0.3 is 9.47 Å². The normalized spacial score (nSPS) is 15.5. The average Bonchev–Trinajstić information content (AvgIpc) is 2.88. The van der Waals surface area contributed by atoms with E-state index in [1.165, 1.54) is 0 Å². The van der Waals surface area contributed by atoms with Gasteiger partial charge in [-0.3, -0.25) is 0 Å². The molecule has 0 spiro atoms. The lowest BCUT2D eigenvalue weighted by atomic mass is 9.97. The van der Waals surface area contributed by atoms with Gasteiger partial charge in [0, 0.05) is 12.7 Å². The highest BCUT2D eigenvalue weighted by molar-refractivity contribution is 6.02. The number of aliphatic imine (C=N–C) groups is 1. The SMILES string of the molecule is COCc1ccc(-c2ccccc2)c(C2=NC(C)(C)CO2)c1.Cl. The Morgan fingerprint density at radius 3 is 2.43 bits per heavy atom. The molecule has 2 aromatic carbocycles. The summed E-state index contributed by atoms with van der Waals surface area (Å²) in [4.78, 5) is 4.73. The summed E-state index contributed by atoms with van der Waals surface area (Å²) in [6, 6.07) is 16.7. The number of ether oxygens (including phenoxy) is 2. The average molecular weight is 332 g/mol. The Labute approximate surface area is 143 Å². The second-order valence-electron chi connectivity index (χ2n) is 6.20. The predicted octanol–water partition coefficient (Wildman–Crippen LogP) is 4.48. The zero-order valence-corrected chi connectivity index (χ0v) is 14.5. The van der Waals surface area contributed by atoms with E-state index in [0.717, 1.165) is 28.2 Å². The Balaban J connectivity index is 0.00000192. The first-order valence-corrected chi connectivity index (χ1v) is 7.49. The van der Waals surface area contributed by atoms with E-state index in [2.05, 4.69) is 44.2 Å². The smallest absolute Gasteiger partial charge is 0.217 e. The Bertz CT molecular complexity index is 696. The number of hydrogen-bond donors (Lipinski definition) is 0. The maximum absolute atomic E-state index is 5.86. The fraction of sp³-hybridized carbons (Fsp3) is 0.316. The van der Waals surface area contributed by atoms with Crippen LogP contribution >= 0.6 is 12.4 Å². The van der Waals surface area contributed by atoms with Crippen LogP contribution in [0.1, 0.15) is 25.0 Å². The molecular formula is C19H22ClNO2. The third kappa shape index (κ3) is 3.92. The first-order valence-electron chi connectivity index (χ1n) is 7.49. The predicted molar refractivity (Wildman–Crippen MR) is 96.4 cm³/mol. The van der Waals surface area contributed by atoms with Crippen LogP contribution in [0.25, 0.3) is 11.1 Å². The summed E-state index contributed by atoms with van der Waals surface area (Å²) >= 11 is 0. The number of hydrogen-bond acceptors (Lipinski definition) is 3. The van der Waals surface area contributed by atoms with Crippen LogP contribution in [0.15, 0.2) is 53.5 Å². The van der Waals surface area contributed by atoms with E-state index < -0.39 is 0 Å². The highest BCUT2D eigenvalue weighted by atomic mass is 35.5. The van der Waals surface area contributed by atoms with E-state index in [9.17, 15) is 0 Å². The highest BCUT2D eigenvalue weighted by Crippen LogP contribution is 2.29. The third-order valence-corrected chi connectivity index (χ3v) is 3.68. The van der Waals surface area contributed by atoms with Gasteiger partial charge in [0.2, 0.25) is 5.90 Å². The van der Waals surface area contributed by atoms with Gasteiger partial charge in [-0.1, -0.05) is 42.5 Å². The Hall–Kier alpha value is -1.84. The lowest BCUT2D eigenvalue weighted by Crippen LogP contribution is -2.17. The Morgan fingerprint density at radius 2 is 1.83 bits per heavy atom. The van der Waals surface area contributed by atoms with Gasteiger partial charge >= 0.3 is 0 Å². The molecule has 0 atom stereocenters. The van der Waals surface area contributed by atoms with Crippen molar-refractivity contribution in [2.75, 3.05) is 13.7 Å². The molecule has 3 rings (SSSR count). The van der Waals surface area contributed by atoms with Gasteiger partial charge in [-0.2, -0.15) is 0 Å². The standard InChI is InChI=1S/C19H21NO2.ClH/c1-19(2)13-22-18(20-19)17-11-14(12-21-3)9-10-16(17)15-7-5-4-6-8-15;/h4-11H,12-13H2,1-3H3;1H. The quantitative estimate of drug-likeness (QED) is 0.827. The van der Waals surface area contributed by atoms with Crippen LogP contribution < -0.4 is 0 Å². The van der Waals surface area contributed by atoms with Crippen molar-refractivity contribution in [2.24, 2.45) is 4.99 Å². The molecular weight excluding hydrogens is 310 g/mol. The number of halogens is 1. The molecule has 122 valence electrons. The van der Waals surface area contributed by atoms with Gasteiger partial charge in [0.1, 0.15) is 6.61 Å². The van der Waals surface area contributed by atoms with Crippen LogP contribution in [-0.4, -0.2) is 25.2 Å². The van der Waals surface area contributed by atoms with Crippen LogP contribution in [-0.2, 0) is 16.1 Å². The fourth-order valence-corrected chi connectivity index (χ4v) is 2.62. The molecule has 0 aliphatic carbocycles. The lowest BCUT2D eigenvalue weighted by Gasteiger charge is -2.12. The Morgan fingerprint density at radius 1 is 1.09 bits per heavy atom. The number of nitrogens with zero attached hydrogens (tertiary/aromatic N) is 1. The van der Waals surface area contributed by atoms with Crippen LogP contribution in [0.3, 0.4) is 0 Å². The summed E-state index contributed by atoms with van der Waals surface area (Å²) in [5.74, 6) is 0.724. The molecule has 0 fully saturated rings. The molecule has 2 aromatic rings. The Kier molecular flexibility index (Phi) is 5.45. The summed E-state index contributed by atoms with van der Waals surface area (Å²) in [7, 11) is 1.71. The van der Waals surface area contributed by atoms with Crippen molar-refractivity contribution in [3.63, 3.8) is 0 Å². The van der Waals surface area contributed by atoms with Crippen molar-refractivity contribution >= 4 is 18.3 Å². The van der Waals surface area contributed by atoms with E-state index in [1.807, 2.05) is 18.2 Å². The van der Waals surface area contributed by atoms with Crippen molar-refractivity contribution in [3.05, 3.63) is 59.7 Å². The molecule has 0 unspecified atom stereocenters. The van der Waals surface area contributed by atoms with E-state index >= 15 is 0 Å². The zero-order chi connectivity index (χ0) is 15.6. The number of benzene rings is 2. The first kappa shape index (κ1) is 17.5. The number of rotatable bonds is 4. The summed E-state index contributed by atoms with van der Waals surface area (Å²) in [5, 5.41) is 0. The number of methoxy groups -OCH3 is 1. The van der Waals surface area contributed by atoms with Gasteiger partial charge in [-0.05, 0) is 36.6 Å². The van der Waals surface area contributed by atoms with Crippen LogP contribution in [0.2, 0.25) is 0 Å². The van der Waals surface area contributed by atoms with Gasteiger partial charge in [0.05, 0.1) is 12.1 Å². The van der Waals surface area contributed by atoms with Crippen LogP contribution in [0.4, 0.5) is 0 Å².